The summed E-state index contributed by atoms with van der Waals surface area (Å²) in [6.45, 7) is 4.32. The molecular formula is C12H20N2O2S2. The van der Waals surface area contributed by atoms with Gasteiger partial charge in [-0.25, -0.2) is 4.98 Å². The number of ether oxygens (including phenoxy) is 1. The van der Waals surface area contributed by atoms with Gasteiger partial charge in [0.1, 0.15) is 0 Å². The summed E-state index contributed by atoms with van der Waals surface area (Å²) in [7, 11) is 1.39. The Morgan fingerprint density at radius 2 is 2.44 bits per heavy atom. The Labute approximate surface area is 117 Å². The summed E-state index contributed by atoms with van der Waals surface area (Å²) in [6, 6.07) is 0.404. The van der Waals surface area contributed by atoms with Crippen LogP contribution in [0.3, 0.4) is 0 Å². The van der Waals surface area contributed by atoms with Crippen molar-refractivity contribution in [1.29, 1.82) is 0 Å². The van der Waals surface area contributed by atoms with Crippen LogP contribution >= 0.6 is 23.1 Å². The summed E-state index contributed by atoms with van der Waals surface area (Å²) >= 11 is 3.48. The molecule has 0 aromatic carbocycles. The number of esters is 1. The molecule has 1 N–H and O–H groups in total. The third-order valence-corrected chi connectivity index (χ3v) is 4.13. The number of hydrogen-bond acceptors (Lipinski definition) is 6. The Bertz CT molecular complexity index is 369. The highest BCUT2D eigenvalue weighted by molar-refractivity contribution is 7.99. The number of thiazole rings is 1. The van der Waals surface area contributed by atoms with Crippen LogP contribution in [0, 0.1) is 0 Å². The lowest BCUT2D eigenvalue weighted by molar-refractivity contribution is -0.139. The van der Waals surface area contributed by atoms with Gasteiger partial charge >= 0.3 is 5.97 Å². The highest BCUT2D eigenvalue weighted by Gasteiger charge is 2.09. The monoisotopic (exact) mass is 288 g/mol. The van der Waals surface area contributed by atoms with Gasteiger partial charge in [0.2, 0.25) is 0 Å². The first-order valence-corrected chi connectivity index (χ1v) is 8.04. The molecule has 18 heavy (non-hydrogen) atoms. The number of nitrogens with zero attached hydrogens (tertiary/aromatic N) is 1. The lowest BCUT2D eigenvalue weighted by Gasteiger charge is -2.11. The van der Waals surface area contributed by atoms with Gasteiger partial charge in [0.15, 0.2) is 5.13 Å². The molecule has 1 atom stereocenters. The predicted octanol–water partition coefficient (Wildman–Crippen LogP) is 2.80. The average molecular weight is 288 g/mol. The van der Waals surface area contributed by atoms with Gasteiger partial charge in [-0.05, 0) is 24.9 Å². The number of carbonyl (C=O) groups is 1. The van der Waals surface area contributed by atoms with Gasteiger partial charge < -0.3 is 10.1 Å². The van der Waals surface area contributed by atoms with Crippen molar-refractivity contribution in [2.75, 3.05) is 23.9 Å². The molecule has 102 valence electrons. The number of thioether (sulfide) groups is 1. The van der Waals surface area contributed by atoms with Gasteiger partial charge in [-0.3, -0.25) is 4.79 Å². The zero-order chi connectivity index (χ0) is 13.4. The van der Waals surface area contributed by atoms with E-state index in [-0.39, 0.29) is 12.4 Å². The fraction of sp³-hybridized carbons (Fsp3) is 0.667. The fourth-order valence-electron chi connectivity index (χ4n) is 1.36. The van der Waals surface area contributed by atoms with Gasteiger partial charge in [0.25, 0.3) is 0 Å². The van der Waals surface area contributed by atoms with Crippen LogP contribution in [0.4, 0.5) is 5.13 Å². The van der Waals surface area contributed by atoms with Crippen molar-refractivity contribution < 1.29 is 9.53 Å². The lowest BCUT2D eigenvalue weighted by atomic mass is 10.3. The van der Waals surface area contributed by atoms with Crippen LogP contribution in [0.2, 0.25) is 0 Å². The van der Waals surface area contributed by atoms with Crippen LogP contribution < -0.4 is 5.32 Å². The highest BCUT2D eigenvalue weighted by Crippen LogP contribution is 2.18. The Balaban J connectivity index is 2.36. The minimum atomic E-state index is -0.251. The first-order chi connectivity index (χ1) is 8.65. The molecule has 1 aromatic heterocycles. The first-order valence-electron chi connectivity index (χ1n) is 6.01. The van der Waals surface area contributed by atoms with Crippen molar-refractivity contribution in [3.63, 3.8) is 0 Å². The largest absolute Gasteiger partial charge is 0.469 e. The Kier molecular flexibility index (Phi) is 7.12. The van der Waals surface area contributed by atoms with Crippen LogP contribution in [-0.4, -0.2) is 35.6 Å². The van der Waals surface area contributed by atoms with Gasteiger partial charge in [-0.2, -0.15) is 11.8 Å². The predicted molar refractivity (Wildman–Crippen MR) is 78.5 cm³/mol. The number of aromatic nitrogens is 1. The maximum atomic E-state index is 11.1. The Morgan fingerprint density at radius 3 is 3.11 bits per heavy atom. The van der Waals surface area contributed by atoms with Crippen molar-refractivity contribution >= 4 is 34.2 Å². The normalized spacial score (nSPS) is 12.2. The molecule has 0 bridgehead atoms. The van der Waals surface area contributed by atoms with Gasteiger partial charge in [-0.15, -0.1) is 11.3 Å². The summed E-state index contributed by atoms with van der Waals surface area (Å²) in [5, 5.41) is 6.13. The molecule has 1 rings (SSSR count). The van der Waals surface area contributed by atoms with E-state index in [4.69, 9.17) is 0 Å². The number of hydrogen-bond donors (Lipinski definition) is 1. The maximum absolute atomic E-state index is 11.1. The molecule has 1 aromatic rings. The van der Waals surface area contributed by atoms with E-state index in [0.717, 1.165) is 28.8 Å². The van der Waals surface area contributed by atoms with Crippen LogP contribution in [0.5, 0.6) is 0 Å². The summed E-state index contributed by atoms with van der Waals surface area (Å²) in [6.07, 6.45) is 1.36. The molecule has 0 saturated heterocycles. The fourth-order valence-corrected chi connectivity index (χ4v) is 2.99. The van der Waals surface area contributed by atoms with E-state index >= 15 is 0 Å². The second kappa shape index (κ2) is 8.37. The number of rotatable bonds is 8. The van der Waals surface area contributed by atoms with E-state index in [9.17, 15) is 4.79 Å². The molecule has 1 unspecified atom stereocenters. The molecule has 4 nitrogen and oxygen atoms in total. The molecule has 0 aliphatic carbocycles. The third kappa shape index (κ3) is 5.73. The van der Waals surface area contributed by atoms with E-state index in [1.54, 1.807) is 0 Å². The van der Waals surface area contributed by atoms with E-state index in [1.807, 2.05) is 17.1 Å². The van der Waals surface area contributed by atoms with E-state index in [0.29, 0.717) is 6.04 Å². The topological polar surface area (TPSA) is 51.2 Å². The third-order valence-electron chi connectivity index (χ3n) is 2.37. The lowest BCUT2D eigenvalue weighted by Crippen LogP contribution is -2.16. The van der Waals surface area contributed by atoms with Crippen molar-refractivity contribution in [2.45, 2.75) is 32.7 Å². The molecule has 0 aliphatic heterocycles. The summed E-state index contributed by atoms with van der Waals surface area (Å²) in [4.78, 5) is 15.5. The van der Waals surface area contributed by atoms with Gasteiger partial charge in [0.05, 0.1) is 19.2 Å². The minimum absolute atomic E-state index is 0.245. The number of anilines is 1. The van der Waals surface area contributed by atoms with E-state index in [2.05, 4.69) is 28.9 Å². The quantitative estimate of drug-likeness (QED) is 0.589. The zero-order valence-electron chi connectivity index (χ0n) is 11.1. The van der Waals surface area contributed by atoms with Crippen molar-refractivity contribution in [3.05, 3.63) is 11.1 Å². The molecule has 0 radical (unpaired) electrons. The molecule has 6 heteroatoms. The van der Waals surface area contributed by atoms with Gasteiger partial charge in [-0.1, -0.05) is 6.92 Å². The number of nitrogens with one attached hydrogen (secondary N) is 1. The van der Waals surface area contributed by atoms with Gasteiger partial charge in [0, 0.05) is 11.4 Å². The van der Waals surface area contributed by atoms with Crippen LogP contribution in [0.15, 0.2) is 5.38 Å². The van der Waals surface area contributed by atoms with Crippen LogP contribution in [-0.2, 0) is 16.0 Å². The number of carbonyl (C=O) groups excluding carboxylic acids is 1. The zero-order valence-corrected chi connectivity index (χ0v) is 12.7. The minimum Gasteiger partial charge on any atom is -0.469 e. The molecule has 0 spiro atoms. The van der Waals surface area contributed by atoms with Crippen LogP contribution in [0.1, 0.15) is 26.0 Å². The number of methoxy groups -OCH3 is 1. The molecule has 0 fully saturated rings. The second-order valence-corrected chi connectivity index (χ2v) is 6.18. The van der Waals surface area contributed by atoms with E-state index < -0.39 is 0 Å². The van der Waals surface area contributed by atoms with Crippen LogP contribution in [0.25, 0.3) is 0 Å². The molecular weight excluding hydrogens is 268 g/mol. The average Bonchev–Trinajstić information content (AvgIpc) is 2.76. The Morgan fingerprint density at radius 1 is 1.67 bits per heavy atom. The molecule has 1 heterocycles. The first kappa shape index (κ1) is 15.3. The summed E-state index contributed by atoms with van der Waals surface area (Å²) in [5.74, 6) is 2.07. The summed E-state index contributed by atoms with van der Waals surface area (Å²) in [5.41, 5.74) is 0.768. The van der Waals surface area contributed by atoms with Crippen molar-refractivity contribution in [1.82, 2.24) is 4.98 Å². The molecule has 0 aliphatic rings. The van der Waals surface area contributed by atoms with Crippen molar-refractivity contribution in [2.24, 2.45) is 0 Å². The standard InChI is InChI=1S/C12H20N2O2S2/c1-4-17-6-5-9(2)13-12-14-10(8-18-12)7-11(15)16-3/h8-9H,4-7H2,1-3H3,(H,13,14). The maximum Gasteiger partial charge on any atom is 0.311 e. The summed E-state index contributed by atoms with van der Waals surface area (Å²) < 4.78 is 4.61. The molecule has 0 saturated carbocycles. The Hall–Kier alpha value is -0.750. The molecule has 0 amide bonds. The van der Waals surface area contributed by atoms with E-state index in [1.165, 1.54) is 18.4 Å². The van der Waals surface area contributed by atoms with Crippen molar-refractivity contribution in [3.8, 4) is 0 Å². The second-order valence-electron chi connectivity index (χ2n) is 3.93. The smallest absolute Gasteiger partial charge is 0.311 e. The SMILES string of the molecule is CCSCCC(C)Nc1nc(CC(=O)OC)cs1. The highest BCUT2D eigenvalue weighted by atomic mass is 32.2.